The number of aryl methyl sites for hydroxylation is 2. The van der Waals surface area contributed by atoms with Crippen molar-refractivity contribution in [3.8, 4) is 0 Å². The maximum absolute atomic E-state index is 12.5. The number of nitrogens with one attached hydrogen (secondary N) is 1. The molecule has 1 unspecified atom stereocenters. The molecule has 0 bridgehead atoms. The number of carbonyl (C=O) groups is 1. The number of likely N-dealkylation sites (tertiary alicyclic amines) is 1. The van der Waals surface area contributed by atoms with Gasteiger partial charge in [-0.15, -0.1) is 0 Å². The summed E-state index contributed by atoms with van der Waals surface area (Å²) in [6.07, 6.45) is 3.56. The van der Waals surface area contributed by atoms with Crippen LogP contribution in [0.25, 0.3) is 11.2 Å². The minimum absolute atomic E-state index is 0.0920. The van der Waals surface area contributed by atoms with Crippen LogP contribution in [0.15, 0.2) is 9.59 Å². The van der Waals surface area contributed by atoms with Crippen molar-refractivity contribution in [2.75, 3.05) is 20.6 Å². The maximum atomic E-state index is 12.5. The molecule has 0 aliphatic carbocycles. The number of nitrogens with zero attached hydrogens (tertiary/aromatic N) is 5. The molecule has 9 heteroatoms. The first-order valence-electron chi connectivity index (χ1n) is 10.1. The van der Waals surface area contributed by atoms with Gasteiger partial charge in [0.15, 0.2) is 11.2 Å². The third-order valence-electron chi connectivity index (χ3n) is 5.45. The fraction of sp³-hybridized carbons (Fsp3) is 0.684. The summed E-state index contributed by atoms with van der Waals surface area (Å²) in [5.41, 5.74) is 0.0485. The summed E-state index contributed by atoms with van der Waals surface area (Å²) in [5.74, 6) is 0.812. The molecule has 2 aromatic heterocycles. The topological polar surface area (TPSA) is 96.2 Å². The van der Waals surface area contributed by atoms with Crippen molar-refractivity contribution in [1.82, 2.24) is 28.9 Å². The lowest BCUT2D eigenvalue weighted by Crippen LogP contribution is -2.42. The molecule has 154 valence electrons. The Morgan fingerprint density at radius 3 is 2.64 bits per heavy atom. The molecule has 9 nitrogen and oxygen atoms in total. The van der Waals surface area contributed by atoms with Gasteiger partial charge in [-0.1, -0.05) is 13.3 Å². The standard InChI is InChI=1S/C19H30N6O3/c1-5-7-11-25-16-15(17(26)21-19(25)28)24(6-2)14(20-16)12-23-10-8-9-13(23)18(27)22(3)4/h13H,5-12H2,1-4H3,(H,21,26,28). The van der Waals surface area contributed by atoms with Crippen molar-refractivity contribution in [3.63, 3.8) is 0 Å². The zero-order valence-electron chi connectivity index (χ0n) is 17.2. The summed E-state index contributed by atoms with van der Waals surface area (Å²) in [6, 6.07) is -0.166. The first kappa shape index (κ1) is 20.3. The van der Waals surface area contributed by atoms with Crippen molar-refractivity contribution in [2.24, 2.45) is 0 Å². The molecule has 1 saturated heterocycles. The molecule has 0 spiro atoms. The van der Waals surface area contributed by atoms with Crippen LogP contribution in [0.1, 0.15) is 45.4 Å². The van der Waals surface area contributed by atoms with Crippen molar-refractivity contribution >= 4 is 17.1 Å². The van der Waals surface area contributed by atoms with E-state index in [0.29, 0.717) is 30.8 Å². The van der Waals surface area contributed by atoms with Gasteiger partial charge < -0.3 is 9.47 Å². The molecule has 2 aromatic rings. The normalized spacial score (nSPS) is 17.5. The van der Waals surface area contributed by atoms with E-state index < -0.39 is 11.2 Å². The molecule has 0 saturated carbocycles. The van der Waals surface area contributed by atoms with E-state index in [2.05, 4.69) is 16.8 Å². The molecular formula is C19H30N6O3. The van der Waals surface area contributed by atoms with Crippen LogP contribution in [0.5, 0.6) is 0 Å². The average Bonchev–Trinajstić information content (AvgIpc) is 3.25. The number of aromatic amines is 1. The molecule has 1 aliphatic rings. The molecule has 3 rings (SSSR count). The van der Waals surface area contributed by atoms with Gasteiger partial charge in [0.25, 0.3) is 5.56 Å². The Bertz CT molecular complexity index is 970. The third kappa shape index (κ3) is 3.63. The molecule has 0 aromatic carbocycles. The highest BCUT2D eigenvalue weighted by Gasteiger charge is 2.33. The first-order chi connectivity index (χ1) is 13.4. The van der Waals surface area contributed by atoms with E-state index in [-0.39, 0.29) is 11.9 Å². The van der Waals surface area contributed by atoms with Crippen molar-refractivity contribution in [1.29, 1.82) is 0 Å². The molecule has 1 amide bonds. The van der Waals surface area contributed by atoms with Gasteiger partial charge in [0.05, 0.1) is 12.6 Å². The summed E-state index contributed by atoms with van der Waals surface area (Å²) in [5, 5.41) is 0. The molecule has 1 aliphatic heterocycles. The van der Waals surface area contributed by atoms with Gasteiger partial charge in [-0.3, -0.25) is 24.0 Å². The number of aromatic nitrogens is 4. The second kappa shape index (κ2) is 8.30. The lowest BCUT2D eigenvalue weighted by atomic mass is 10.2. The summed E-state index contributed by atoms with van der Waals surface area (Å²) in [7, 11) is 3.54. The molecule has 1 N–H and O–H groups in total. The van der Waals surface area contributed by atoms with Crippen LogP contribution in [0.3, 0.4) is 0 Å². The van der Waals surface area contributed by atoms with Crippen molar-refractivity contribution < 1.29 is 4.79 Å². The van der Waals surface area contributed by atoms with Crippen LogP contribution in [0, 0.1) is 0 Å². The molecule has 1 fully saturated rings. The van der Waals surface area contributed by atoms with Crippen LogP contribution in [-0.2, 0) is 24.4 Å². The quantitative estimate of drug-likeness (QED) is 0.753. The van der Waals surface area contributed by atoms with E-state index in [0.717, 1.165) is 38.1 Å². The predicted octanol–water partition coefficient (Wildman–Crippen LogP) is 0.759. The molecule has 28 heavy (non-hydrogen) atoms. The summed E-state index contributed by atoms with van der Waals surface area (Å²) >= 11 is 0. The summed E-state index contributed by atoms with van der Waals surface area (Å²) < 4.78 is 3.42. The molecule has 3 heterocycles. The fourth-order valence-corrected chi connectivity index (χ4v) is 3.98. The van der Waals surface area contributed by atoms with Gasteiger partial charge in [0.1, 0.15) is 5.82 Å². The second-order valence-electron chi connectivity index (χ2n) is 7.57. The maximum Gasteiger partial charge on any atom is 0.330 e. The molecule has 1 atom stereocenters. The largest absolute Gasteiger partial charge is 0.347 e. The number of likely N-dealkylation sites (N-methyl/N-ethyl adjacent to an activating group) is 1. The summed E-state index contributed by atoms with van der Waals surface area (Å²) in [6.45, 7) is 6.40. The zero-order valence-corrected chi connectivity index (χ0v) is 17.2. The highest BCUT2D eigenvalue weighted by molar-refractivity contribution is 5.81. The van der Waals surface area contributed by atoms with Crippen molar-refractivity contribution in [3.05, 3.63) is 26.7 Å². The number of carbonyl (C=O) groups excluding carboxylic acids is 1. The first-order valence-corrected chi connectivity index (χ1v) is 10.1. The van der Waals surface area contributed by atoms with Crippen LogP contribution in [-0.4, -0.2) is 61.5 Å². The van der Waals surface area contributed by atoms with Gasteiger partial charge in [-0.05, 0) is 32.7 Å². The van der Waals surface area contributed by atoms with Gasteiger partial charge in [-0.2, -0.15) is 0 Å². The molecule has 0 radical (unpaired) electrons. The molecular weight excluding hydrogens is 360 g/mol. The van der Waals surface area contributed by atoms with Crippen LogP contribution >= 0.6 is 0 Å². The van der Waals surface area contributed by atoms with E-state index in [1.807, 2.05) is 11.5 Å². The van der Waals surface area contributed by atoms with Crippen LogP contribution < -0.4 is 11.2 Å². The Morgan fingerprint density at radius 2 is 2.00 bits per heavy atom. The monoisotopic (exact) mass is 390 g/mol. The lowest BCUT2D eigenvalue weighted by molar-refractivity contribution is -0.133. The zero-order chi connectivity index (χ0) is 20.4. The fourth-order valence-electron chi connectivity index (χ4n) is 3.98. The van der Waals surface area contributed by atoms with Crippen LogP contribution in [0.2, 0.25) is 0 Å². The summed E-state index contributed by atoms with van der Waals surface area (Å²) in [4.78, 5) is 48.2. The van der Waals surface area contributed by atoms with E-state index in [4.69, 9.17) is 4.98 Å². The van der Waals surface area contributed by atoms with Crippen molar-refractivity contribution in [2.45, 2.75) is 65.2 Å². The number of hydrogen-bond acceptors (Lipinski definition) is 5. The van der Waals surface area contributed by atoms with Crippen LogP contribution in [0.4, 0.5) is 0 Å². The highest BCUT2D eigenvalue weighted by atomic mass is 16.2. The number of rotatable bonds is 7. The number of fused-ring (bicyclic) bond motifs is 1. The Hall–Kier alpha value is -2.42. The number of H-pyrrole nitrogens is 1. The smallest absolute Gasteiger partial charge is 0.330 e. The average molecular weight is 390 g/mol. The highest BCUT2D eigenvalue weighted by Crippen LogP contribution is 2.22. The Morgan fingerprint density at radius 1 is 1.25 bits per heavy atom. The van der Waals surface area contributed by atoms with E-state index >= 15 is 0 Å². The van der Waals surface area contributed by atoms with Gasteiger partial charge in [0, 0.05) is 27.2 Å². The third-order valence-corrected chi connectivity index (χ3v) is 5.45. The van der Waals surface area contributed by atoms with E-state index in [1.165, 1.54) is 0 Å². The SMILES string of the molecule is CCCCn1c(=O)[nH]c(=O)c2c1nc(CN1CCCC1C(=O)N(C)C)n2CC. The predicted molar refractivity (Wildman–Crippen MR) is 107 cm³/mol. The Balaban J connectivity index is 2.04. The second-order valence-corrected chi connectivity index (χ2v) is 7.57. The lowest BCUT2D eigenvalue weighted by Gasteiger charge is -2.25. The number of hydrogen-bond donors (Lipinski definition) is 1. The van der Waals surface area contributed by atoms with E-state index in [1.54, 1.807) is 23.6 Å². The van der Waals surface area contributed by atoms with E-state index in [9.17, 15) is 14.4 Å². The number of amides is 1. The Kier molecular flexibility index (Phi) is 6.02. The minimum Gasteiger partial charge on any atom is -0.347 e. The number of imidazole rings is 1. The van der Waals surface area contributed by atoms with Gasteiger partial charge in [0.2, 0.25) is 5.91 Å². The number of unbranched alkanes of at least 4 members (excludes halogenated alkanes) is 1. The minimum atomic E-state index is -0.417. The van der Waals surface area contributed by atoms with Gasteiger partial charge >= 0.3 is 5.69 Å². The van der Waals surface area contributed by atoms with Gasteiger partial charge in [-0.25, -0.2) is 9.78 Å². The Labute approximate surface area is 164 Å².